The van der Waals surface area contributed by atoms with Crippen LogP contribution >= 0.6 is 11.6 Å². The van der Waals surface area contributed by atoms with Gasteiger partial charge in [-0.25, -0.2) is 13.2 Å². The zero-order valence-electron chi connectivity index (χ0n) is 14.9. The third-order valence-electron chi connectivity index (χ3n) is 4.14. The van der Waals surface area contributed by atoms with E-state index in [1.165, 1.54) is 10.8 Å². The van der Waals surface area contributed by atoms with Crippen molar-refractivity contribution in [2.75, 3.05) is 11.9 Å². The van der Waals surface area contributed by atoms with E-state index in [1.807, 2.05) is 0 Å². The van der Waals surface area contributed by atoms with Gasteiger partial charge in [0.15, 0.2) is 0 Å². The van der Waals surface area contributed by atoms with Gasteiger partial charge in [0.05, 0.1) is 11.1 Å². The number of nitrogens with zero attached hydrogens (tertiary/aromatic N) is 4. The molecule has 0 unspecified atom stereocenters. The van der Waals surface area contributed by atoms with Crippen molar-refractivity contribution in [2.45, 2.75) is 33.1 Å². The summed E-state index contributed by atoms with van der Waals surface area (Å²) in [7, 11) is 0. The molecule has 3 aromatic rings. The Hall–Kier alpha value is -2.35. The van der Waals surface area contributed by atoms with Crippen molar-refractivity contribution in [1.29, 1.82) is 0 Å². The van der Waals surface area contributed by atoms with Gasteiger partial charge in [0, 0.05) is 18.7 Å². The first-order valence-corrected chi connectivity index (χ1v) is 9.04. The number of halogens is 4. The first-order chi connectivity index (χ1) is 12.9. The summed E-state index contributed by atoms with van der Waals surface area (Å²) in [5, 5.41) is 7.04. The van der Waals surface area contributed by atoms with Crippen LogP contribution in [0.25, 0.3) is 16.9 Å². The van der Waals surface area contributed by atoms with E-state index in [2.05, 4.69) is 34.2 Å². The molecule has 5 nitrogen and oxygen atoms in total. The number of hydrogen-bond donors (Lipinski definition) is 1. The number of aromatic nitrogens is 4. The number of nitrogens with one attached hydrogen (secondary N) is 1. The van der Waals surface area contributed by atoms with E-state index in [0.29, 0.717) is 24.6 Å². The summed E-state index contributed by atoms with van der Waals surface area (Å²) in [6.45, 7) is 4.83. The van der Waals surface area contributed by atoms with Crippen molar-refractivity contribution in [3.8, 4) is 11.1 Å². The third-order valence-corrected chi connectivity index (χ3v) is 4.41. The molecular weight excluding hydrogens is 379 g/mol. The van der Waals surface area contributed by atoms with Crippen LogP contribution in [0.2, 0.25) is 5.15 Å². The largest absolute Gasteiger partial charge is 0.369 e. The lowest BCUT2D eigenvalue weighted by Gasteiger charge is -2.16. The highest BCUT2D eigenvalue weighted by Crippen LogP contribution is 2.37. The average molecular weight is 398 g/mol. The second-order valence-electron chi connectivity index (χ2n) is 6.66. The number of unbranched alkanes of at least 4 members (excludes halogenated alkanes) is 1. The first kappa shape index (κ1) is 19.4. The van der Waals surface area contributed by atoms with Crippen LogP contribution in [-0.4, -0.2) is 26.1 Å². The first-order valence-electron chi connectivity index (χ1n) is 8.66. The molecular formula is C18H19ClF3N5. The molecule has 0 saturated heterocycles. The molecule has 0 aliphatic rings. The fraction of sp³-hybridized carbons (Fsp3) is 0.389. The summed E-state index contributed by atoms with van der Waals surface area (Å²) < 4.78 is 43.4. The maximum Gasteiger partial charge on any atom is 0.255 e. The van der Waals surface area contributed by atoms with E-state index < -0.39 is 23.0 Å². The van der Waals surface area contributed by atoms with E-state index in [0.717, 1.165) is 19.3 Å². The Balaban J connectivity index is 2.03. The molecule has 0 spiro atoms. The Labute approximate surface area is 159 Å². The standard InChI is InChI=1S/C18H19ClF3N5/c1-10(2)5-3-4-6-23-17-15(14-12(21)7-11(20)8-13(14)22)16(19)26-18-24-9-25-27(17)18/h7-10,23H,3-6H2,1-2H3. The van der Waals surface area contributed by atoms with E-state index in [-0.39, 0.29) is 22.3 Å². The van der Waals surface area contributed by atoms with Gasteiger partial charge < -0.3 is 5.32 Å². The zero-order valence-corrected chi connectivity index (χ0v) is 15.7. The zero-order chi connectivity index (χ0) is 19.6. The van der Waals surface area contributed by atoms with Gasteiger partial charge >= 0.3 is 0 Å². The van der Waals surface area contributed by atoms with Gasteiger partial charge in [-0.3, -0.25) is 0 Å². The van der Waals surface area contributed by atoms with Crippen LogP contribution < -0.4 is 5.32 Å². The predicted molar refractivity (Wildman–Crippen MR) is 98.3 cm³/mol. The van der Waals surface area contributed by atoms with Gasteiger partial charge in [-0.1, -0.05) is 38.3 Å². The maximum atomic E-state index is 14.4. The molecule has 1 aromatic carbocycles. The molecule has 0 amide bonds. The molecule has 0 saturated carbocycles. The highest BCUT2D eigenvalue weighted by molar-refractivity contribution is 6.33. The molecule has 144 valence electrons. The fourth-order valence-corrected chi connectivity index (χ4v) is 3.13. The Morgan fingerprint density at radius 2 is 1.81 bits per heavy atom. The van der Waals surface area contributed by atoms with Crippen molar-refractivity contribution in [3.05, 3.63) is 41.1 Å². The van der Waals surface area contributed by atoms with Crippen LogP contribution in [0, 0.1) is 23.4 Å². The fourth-order valence-electron chi connectivity index (χ4n) is 2.87. The molecule has 2 aromatic heterocycles. The Morgan fingerprint density at radius 3 is 2.48 bits per heavy atom. The SMILES string of the molecule is CC(C)CCCCNc1c(-c2c(F)cc(F)cc2F)c(Cl)nc2ncnn12. The minimum Gasteiger partial charge on any atom is -0.369 e. The second kappa shape index (κ2) is 8.12. The highest BCUT2D eigenvalue weighted by Gasteiger charge is 2.24. The number of benzene rings is 1. The molecule has 0 atom stereocenters. The van der Waals surface area contributed by atoms with Crippen molar-refractivity contribution in [1.82, 2.24) is 19.6 Å². The van der Waals surface area contributed by atoms with Crippen LogP contribution in [0.3, 0.4) is 0 Å². The molecule has 0 aliphatic carbocycles. The number of rotatable bonds is 7. The van der Waals surface area contributed by atoms with E-state index >= 15 is 0 Å². The predicted octanol–water partition coefficient (Wildman–Crippen LogP) is 5.10. The second-order valence-corrected chi connectivity index (χ2v) is 7.02. The lowest BCUT2D eigenvalue weighted by Crippen LogP contribution is -2.11. The molecule has 1 N–H and O–H groups in total. The molecule has 3 rings (SSSR count). The third kappa shape index (κ3) is 4.16. The minimum absolute atomic E-state index is 0.0199. The normalized spacial score (nSPS) is 11.5. The van der Waals surface area contributed by atoms with Gasteiger partial charge in [-0.05, 0) is 12.3 Å². The number of hydrogen-bond acceptors (Lipinski definition) is 4. The summed E-state index contributed by atoms with van der Waals surface area (Å²) in [6, 6.07) is 1.21. The van der Waals surface area contributed by atoms with E-state index in [1.54, 1.807) is 0 Å². The van der Waals surface area contributed by atoms with Crippen molar-refractivity contribution >= 4 is 23.2 Å². The topological polar surface area (TPSA) is 55.1 Å². The monoisotopic (exact) mass is 397 g/mol. The minimum atomic E-state index is -1.07. The molecule has 0 fully saturated rings. The maximum absolute atomic E-state index is 14.4. The highest BCUT2D eigenvalue weighted by atomic mass is 35.5. The Bertz CT molecular complexity index is 935. The quantitative estimate of drug-likeness (QED) is 0.445. The van der Waals surface area contributed by atoms with Crippen LogP contribution in [0.4, 0.5) is 19.0 Å². The van der Waals surface area contributed by atoms with Crippen molar-refractivity contribution < 1.29 is 13.2 Å². The van der Waals surface area contributed by atoms with Crippen LogP contribution in [-0.2, 0) is 0 Å². The van der Waals surface area contributed by atoms with Crippen molar-refractivity contribution in [3.63, 3.8) is 0 Å². The van der Waals surface area contributed by atoms with Crippen LogP contribution in [0.1, 0.15) is 33.1 Å². The van der Waals surface area contributed by atoms with Crippen LogP contribution in [0.15, 0.2) is 18.5 Å². The molecule has 0 radical (unpaired) electrons. The molecule has 0 aliphatic heterocycles. The average Bonchev–Trinajstić information content (AvgIpc) is 3.03. The smallest absolute Gasteiger partial charge is 0.255 e. The molecule has 9 heteroatoms. The Kier molecular flexibility index (Phi) is 5.84. The van der Waals surface area contributed by atoms with Gasteiger partial charge in [0.25, 0.3) is 5.78 Å². The van der Waals surface area contributed by atoms with E-state index in [4.69, 9.17) is 11.6 Å². The lowest BCUT2D eigenvalue weighted by molar-refractivity contribution is 0.544. The number of fused-ring (bicyclic) bond motifs is 1. The summed E-state index contributed by atoms with van der Waals surface area (Å²) in [5.41, 5.74) is -0.482. The van der Waals surface area contributed by atoms with E-state index in [9.17, 15) is 13.2 Å². The summed E-state index contributed by atoms with van der Waals surface area (Å²) in [4.78, 5) is 8.00. The van der Waals surface area contributed by atoms with Gasteiger partial charge in [0.2, 0.25) is 0 Å². The molecule has 27 heavy (non-hydrogen) atoms. The lowest BCUT2D eigenvalue weighted by atomic mass is 10.1. The Morgan fingerprint density at radius 1 is 1.11 bits per heavy atom. The molecule has 2 heterocycles. The number of anilines is 1. The van der Waals surface area contributed by atoms with Crippen LogP contribution in [0.5, 0.6) is 0 Å². The summed E-state index contributed by atoms with van der Waals surface area (Å²) >= 11 is 6.21. The van der Waals surface area contributed by atoms with Gasteiger partial charge in [0.1, 0.15) is 34.7 Å². The van der Waals surface area contributed by atoms with Gasteiger partial charge in [-0.15, -0.1) is 0 Å². The summed E-state index contributed by atoms with van der Waals surface area (Å²) in [5.74, 6) is -2.10. The molecule has 0 bridgehead atoms. The van der Waals surface area contributed by atoms with Gasteiger partial charge in [-0.2, -0.15) is 19.6 Å². The summed E-state index contributed by atoms with van der Waals surface area (Å²) in [6.07, 6.45) is 4.19. The van der Waals surface area contributed by atoms with Crippen molar-refractivity contribution in [2.24, 2.45) is 5.92 Å².